The Balaban J connectivity index is 4.14. The number of thiol groups is 1. The third-order valence-electron chi connectivity index (χ3n) is 2.53. The fourth-order valence-electron chi connectivity index (χ4n) is 1.50. The molecular formula is C13H23NO4S. The first kappa shape index (κ1) is 18.0. The molecule has 0 spiro atoms. The van der Waals surface area contributed by atoms with Crippen LogP contribution >= 0.6 is 12.6 Å². The van der Waals surface area contributed by atoms with Gasteiger partial charge in [-0.2, -0.15) is 12.6 Å². The first-order valence-electron chi connectivity index (χ1n) is 6.49. The van der Waals surface area contributed by atoms with E-state index >= 15 is 0 Å². The minimum atomic E-state index is -1.04. The Kier molecular flexibility index (Phi) is 10.3. The minimum absolute atomic E-state index is 0.126. The molecular weight excluding hydrogens is 266 g/mol. The molecule has 0 heterocycles. The van der Waals surface area contributed by atoms with E-state index in [1.54, 1.807) is 6.08 Å². The highest BCUT2D eigenvalue weighted by Gasteiger charge is 2.19. The molecule has 3 N–H and O–H groups in total. The van der Waals surface area contributed by atoms with Gasteiger partial charge in [0.05, 0.1) is 12.5 Å². The van der Waals surface area contributed by atoms with Crippen molar-refractivity contribution in [1.82, 2.24) is 5.32 Å². The molecule has 0 rings (SSSR count). The minimum Gasteiger partial charge on any atom is -0.480 e. The van der Waals surface area contributed by atoms with E-state index in [9.17, 15) is 14.7 Å². The number of carboxylic acid groups (broad SMARTS) is 1. The van der Waals surface area contributed by atoms with Crippen LogP contribution in [0.5, 0.6) is 0 Å². The highest BCUT2D eigenvalue weighted by Crippen LogP contribution is 2.03. The van der Waals surface area contributed by atoms with Crippen molar-refractivity contribution in [3.8, 4) is 0 Å². The summed E-state index contributed by atoms with van der Waals surface area (Å²) in [6, 6.07) is -0.874. The summed E-state index contributed by atoms with van der Waals surface area (Å²) in [5, 5.41) is 20.9. The number of nitrogens with one attached hydrogen (secondary N) is 1. The lowest BCUT2D eigenvalue weighted by atomic mass is 10.1. The standard InChI is InChI=1S/C13H23NO4S/c1-2-3-7-11(13(17)18)14-12(16)9-10(15)6-4-5-8-19/h4,6,10-11,15,19H,2-3,5,7-9H2,1H3,(H,14,16)(H,17,18)/b6-4+/t10?,11-/m0/s1. The molecule has 5 nitrogen and oxygen atoms in total. The zero-order valence-corrected chi connectivity index (χ0v) is 12.1. The van der Waals surface area contributed by atoms with Gasteiger partial charge in [-0.25, -0.2) is 4.79 Å². The zero-order chi connectivity index (χ0) is 14.7. The number of rotatable bonds is 10. The van der Waals surface area contributed by atoms with Gasteiger partial charge < -0.3 is 15.5 Å². The Morgan fingerprint density at radius 2 is 2.11 bits per heavy atom. The van der Waals surface area contributed by atoms with Gasteiger partial charge in [0, 0.05) is 0 Å². The molecule has 19 heavy (non-hydrogen) atoms. The molecule has 0 aromatic carbocycles. The first-order chi connectivity index (χ1) is 9.01. The molecule has 2 atom stereocenters. The second-order valence-electron chi connectivity index (χ2n) is 4.31. The zero-order valence-electron chi connectivity index (χ0n) is 11.2. The molecule has 0 aliphatic carbocycles. The highest BCUT2D eigenvalue weighted by molar-refractivity contribution is 7.80. The number of carboxylic acids is 1. The Bertz CT molecular complexity index is 307. The van der Waals surface area contributed by atoms with Crippen molar-refractivity contribution < 1.29 is 19.8 Å². The number of aliphatic carboxylic acids is 1. The van der Waals surface area contributed by atoms with Crippen LogP contribution in [0.4, 0.5) is 0 Å². The molecule has 0 aliphatic heterocycles. The average molecular weight is 289 g/mol. The summed E-state index contributed by atoms with van der Waals surface area (Å²) in [5.74, 6) is -0.818. The van der Waals surface area contributed by atoms with Crippen LogP contribution < -0.4 is 5.32 Å². The topological polar surface area (TPSA) is 86.6 Å². The van der Waals surface area contributed by atoms with Gasteiger partial charge in [-0.1, -0.05) is 31.9 Å². The summed E-state index contributed by atoms with van der Waals surface area (Å²) in [5.41, 5.74) is 0. The second kappa shape index (κ2) is 10.9. The van der Waals surface area contributed by atoms with Gasteiger partial charge in [0.2, 0.25) is 5.91 Å². The molecule has 0 fully saturated rings. The number of hydrogen-bond donors (Lipinski definition) is 4. The third kappa shape index (κ3) is 9.55. The molecule has 0 saturated heterocycles. The second-order valence-corrected chi connectivity index (χ2v) is 4.76. The van der Waals surface area contributed by atoms with Crippen LogP contribution in [-0.2, 0) is 9.59 Å². The van der Waals surface area contributed by atoms with Crippen molar-refractivity contribution in [3.63, 3.8) is 0 Å². The fourth-order valence-corrected chi connectivity index (χ4v) is 1.65. The number of carbonyl (C=O) groups excluding carboxylic acids is 1. The Morgan fingerprint density at radius 1 is 1.42 bits per heavy atom. The lowest BCUT2D eigenvalue weighted by Crippen LogP contribution is -2.41. The summed E-state index contributed by atoms with van der Waals surface area (Å²) < 4.78 is 0. The van der Waals surface area contributed by atoms with E-state index < -0.39 is 24.0 Å². The van der Waals surface area contributed by atoms with Crippen LogP contribution in [0, 0.1) is 0 Å². The quantitative estimate of drug-likeness (QED) is 0.361. The largest absolute Gasteiger partial charge is 0.480 e. The van der Waals surface area contributed by atoms with Gasteiger partial charge in [-0.15, -0.1) is 0 Å². The predicted molar refractivity (Wildman–Crippen MR) is 77.3 cm³/mol. The van der Waals surface area contributed by atoms with Crippen LogP contribution in [-0.4, -0.2) is 40.0 Å². The number of amides is 1. The maximum absolute atomic E-state index is 11.6. The highest BCUT2D eigenvalue weighted by atomic mass is 32.1. The van der Waals surface area contributed by atoms with Crippen LogP contribution in [0.25, 0.3) is 0 Å². The van der Waals surface area contributed by atoms with Gasteiger partial charge in [-0.3, -0.25) is 4.79 Å². The van der Waals surface area contributed by atoms with Gasteiger partial charge in [0.25, 0.3) is 0 Å². The molecule has 0 radical (unpaired) electrons. The van der Waals surface area contributed by atoms with Crippen molar-refractivity contribution in [1.29, 1.82) is 0 Å². The lowest BCUT2D eigenvalue weighted by Gasteiger charge is -2.14. The smallest absolute Gasteiger partial charge is 0.326 e. The fraction of sp³-hybridized carbons (Fsp3) is 0.692. The lowest BCUT2D eigenvalue weighted by molar-refractivity contribution is -0.142. The number of unbranched alkanes of at least 4 members (excludes halogenated alkanes) is 1. The summed E-state index contributed by atoms with van der Waals surface area (Å²) >= 11 is 4.02. The summed E-state index contributed by atoms with van der Waals surface area (Å²) in [6.45, 7) is 1.96. The monoisotopic (exact) mass is 289 g/mol. The Labute approximate surface area is 119 Å². The van der Waals surface area contributed by atoms with E-state index in [0.717, 1.165) is 19.3 Å². The van der Waals surface area contributed by atoms with Gasteiger partial charge in [0.1, 0.15) is 6.04 Å². The Hall–Kier alpha value is -1.01. The maximum Gasteiger partial charge on any atom is 0.326 e. The molecule has 110 valence electrons. The number of aliphatic hydroxyl groups is 1. The normalized spacial score (nSPS) is 14.3. The summed E-state index contributed by atoms with van der Waals surface area (Å²) in [6.07, 6.45) is 4.99. The van der Waals surface area contributed by atoms with E-state index in [0.29, 0.717) is 12.2 Å². The Morgan fingerprint density at radius 3 is 2.63 bits per heavy atom. The number of aliphatic hydroxyl groups excluding tert-OH is 1. The number of hydrogen-bond acceptors (Lipinski definition) is 4. The van der Waals surface area contributed by atoms with Crippen LogP contribution in [0.1, 0.15) is 39.0 Å². The molecule has 0 bridgehead atoms. The molecule has 1 unspecified atom stereocenters. The average Bonchev–Trinajstić information content (AvgIpc) is 2.34. The number of allylic oxidation sites excluding steroid dienone is 1. The van der Waals surface area contributed by atoms with Crippen molar-refractivity contribution in [2.24, 2.45) is 0 Å². The van der Waals surface area contributed by atoms with Crippen molar-refractivity contribution in [2.45, 2.75) is 51.2 Å². The van der Waals surface area contributed by atoms with Crippen LogP contribution in [0.3, 0.4) is 0 Å². The van der Waals surface area contributed by atoms with Gasteiger partial charge >= 0.3 is 5.97 Å². The predicted octanol–water partition coefficient (Wildman–Crippen LogP) is 1.37. The van der Waals surface area contributed by atoms with E-state index in [2.05, 4.69) is 17.9 Å². The van der Waals surface area contributed by atoms with E-state index in [4.69, 9.17) is 5.11 Å². The molecule has 0 aromatic rings. The molecule has 0 aliphatic rings. The summed E-state index contributed by atoms with van der Waals surface area (Å²) in [4.78, 5) is 22.5. The molecule has 0 saturated carbocycles. The van der Waals surface area contributed by atoms with E-state index in [1.807, 2.05) is 6.92 Å². The number of carbonyl (C=O) groups is 2. The molecule has 0 aromatic heterocycles. The van der Waals surface area contributed by atoms with Crippen molar-refractivity contribution in [3.05, 3.63) is 12.2 Å². The molecule has 1 amide bonds. The van der Waals surface area contributed by atoms with E-state index in [1.165, 1.54) is 6.08 Å². The maximum atomic E-state index is 11.6. The van der Waals surface area contributed by atoms with Crippen LogP contribution in [0.15, 0.2) is 12.2 Å². The van der Waals surface area contributed by atoms with E-state index in [-0.39, 0.29) is 6.42 Å². The third-order valence-corrected chi connectivity index (χ3v) is 2.79. The van der Waals surface area contributed by atoms with Crippen molar-refractivity contribution in [2.75, 3.05) is 5.75 Å². The van der Waals surface area contributed by atoms with Gasteiger partial charge in [0.15, 0.2) is 0 Å². The van der Waals surface area contributed by atoms with Crippen LogP contribution in [0.2, 0.25) is 0 Å². The molecule has 6 heteroatoms. The van der Waals surface area contributed by atoms with Gasteiger partial charge in [-0.05, 0) is 18.6 Å². The first-order valence-corrected chi connectivity index (χ1v) is 7.12. The SMILES string of the molecule is CCCC[C@H](NC(=O)CC(O)/C=C/CCS)C(=O)O. The van der Waals surface area contributed by atoms with Crippen molar-refractivity contribution >= 4 is 24.5 Å². The summed E-state index contributed by atoms with van der Waals surface area (Å²) in [7, 11) is 0.